The van der Waals surface area contributed by atoms with Crippen LogP contribution in [0.25, 0.3) is 0 Å². The van der Waals surface area contributed by atoms with Crippen molar-refractivity contribution in [3.05, 3.63) is 0 Å². The van der Waals surface area contributed by atoms with E-state index in [1.54, 1.807) is 0 Å². The summed E-state index contributed by atoms with van der Waals surface area (Å²) in [7, 11) is 2.32. The van der Waals surface area contributed by atoms with Crippen LogP contribution in [0.1, 0.15) is 46.0 Å². The molecule has 0 saturated heterocycles. The van der Waals surface area contributed by atoms with Gasteiger partial charge in [0.05, 0.1) is 0 Å². The summed E-state index contributed by atoms with van der Waals surface area (Å²) < 4.78 is 0. The first-order chi connectivity index (χ1) is 7.70. The molecule has 2 fully saturated rings. The Labute approximate surface area is 101 Å². The van der Waals surface area contributed by atoms with Gasteiger partial charge in [0.15, 0.2) is 0 Å². The molecule has 0 aromatic rings. The van der Waals surface area contributed by atoms with E-state index in [4.69, 9.17) is 0 Å². The lowest BCUT2D eigenvalue weighted by atomic mass is 10.1. The molecule has 1 N–H and O–H groups in total. The largest absolute Gasteiger partial charge is 0.312 e. The highest BCUT2D eigenvalue weighted by Gasteiger charge is 2.34. The Morgan fingerprint density at radius 2 is 2.06 bits per heavy atom. The predicted octanol–water partition coefficient (Wildman–Crippen LogP) is 2.49. The van der Waals surface area contributed by atoms with Gasteiger partial charge in [-0.05, 0) is 44.6 Å². The standard InChI is InChI=1S/C14H28N2/c1-4-5-14(9-15-13-6-7-13)16(3)10-12-8-11(12)2/h11-15H,4-10H2,1-3H3. The fourth-order valence-corrected chi connectivity index (χ4v) is 2.57. The van der Waals surface area contributed by atoms with Crippen LogP contribution in [-0.2, 0) is 0 Å². The zero-order chi connectivity index (χ0) is 11.5. The number of hydrogen-bond donors (Lipinski definition) is 1. The second-order valence-electron chi connectivity index (χ2n) is 6.04. The number of nitrogens with one attached hydrogen (secondary N) is 1. The highest BCUT2D eigenvalue weighted by molar-refractivity contribution is 4.88. The van der Waals surface area contributed by atoms with Gasteiger partial charge in [0.1, 0.15) is 0 Å². The van der Waals surface area contributed by atoms with E-state index in [1.807, 2.05) is 0 Å². The lowest BCUT2D eigenvalue weighted by Gasteiger charge is -2.28. The fraction of sp³-hybridized carbons (Fsp3) is 1.00. The van der Waals surface area contributed by atoms with Crippen molar-refractivity contribution in [1.29, 1.82) is 0 Å². The van der Waals surface area contributed by atoms with E-state index in [-0.39, 0.29) is 0 Å². The Bertz CT molecular complexity index is 213. The van der Waals surface area contributed by atoms with Gasteiger partial charge in [-0.1, -0.05) is 20.3 Å². The molecule has 2 rings (SSSR count). The van der Waals surface area contributed by atoms with Gasteiger partial charge < -0.3 is 10.2 Å². The summed E-state index contributed by atoms with van der Waals surface area (Å²) in [5.74, 6) is 1.98. The predicted molar refractivity (Wildman–Crippen MR) is 69.6 cm³/mol. The fourth-order valence-electron chi connectivity index (χ4n) is 2.57. The van der Waals surface area contributed by atoms with Crippen molar-refractivity contribution in [2.75, 3.05) is 20.1 Å². The average molecular weight is 224 g/mol. The number of rotatable bonds is 8. The van der Waals surface area contributed by atoms with Crippen LogP contribution >= 0.6 is 0 Å². The van der Waals surface area contributed by atoms with E-state index in [9.17, 15) is 0 Å². The van der Waals surface area contributed by atoms with Crippen LogP contribution in [0.15, 0.2) is 0 Å². The molecular weight excluding hydrogens is 196 g/mol. The van der Waals surface area contributed by atoms with E-state index in [0.717, 1.165) is 23.9 Å². The molecule has 16 heavy (non-hydrogen) atoms. The maximum absolute atomic E-state index is 3.69. The topological polar surface area (TPSA) is 15.3 Å². The Morgan fingerprint density at radius 1 is 1.38 bits per heavy atom. The van der Waals surface area contributed by atoms with Crippen molar-refractivity contribution in [2.24, 2.45) is 11.8 Å². The smallest absolute Gasteiger partial charge is 0.0217 e. The van der Waals surface area contributed by atoms with Gasteiger partial charge in [-0.25, -0.2) is 0 Å². The third kappa shape index (κ3) is 3.74. The molecule has 0 heterocycles. The molecule has 2 aliphatic carbocycles. The Balaban J connectivity index is 1.69. The summed E-state index contributed by atoms with van der Waals surface area (Å²) >= 11 is 0. The normalized spacial score (nSPS) is 30.8. The maximum Gasteiger partial charge on any atom is 0.0217 e. The molecule has 0 aromatic carbocycles. The average Bonchev–Trinajstić information content (AvgIpc) is 3.13. The highest BCUT2D eigenvalue weighted by Crippen LogP contribution is 2.38. The van der Waals surface area contributed by atoms with Gasteiger partial charge in [-0.15, -0.1) is 0 Å². The third-order valence-electron chi connectivity index (χ3n) is 4.26. The first-order valence-electron chi connectivity index (χ1n) is 7.14. The molecule has 2 heteroatoms. The van der Waals surface area contributed by atoms with E-state index in [2.05, 4.69) is 31.1 Å². The van der Waals surface area contributed by atoms with Crippen molar-refractivity contribution in [3.63, 3.8) is 0 Å². The lowest BCUT2D eigenvalue weighted by molar-refractivity contribution is 0.211. The Morgan fingerprint density at radius 3 is 2.56 bits per heavy atom. The van der Waals surface area contributed by atoms with Crippen LogP contribution in [0.2, 0.25) is 0 Å². The molecule has 94 valence electrons. The molecule has 2 saturated carbocycles. The van der Waals surface area contributed by atoms with Crippen molar-refractivity contribution in [2.45, 2.75) is 58.0 Å². The van der Waals surface area contributed by atoms with Gasteiger partial charge in [-0.3, -0.25) is 0 Å². The second kappa shape index (κ2) is 5.50. The summed E-state index contributed by atoms with van der Waals surface area (Å²) in [5, 5.41) is 3.69. The Kier molecular flexibility index (Phi) is 4.26. The third-order valence-corrected chi connectivity index (χ3v) is 4.26. The van der Waals surface area contributed by atoms with Crippen LogP contribution in [0.4, 0.5) is 0 Å². The first-order valence-corrected chi connectivity index (χ1v) is 7.14. The van der Waals surface area contributed by atoms with E-state index in [0.29, 0.717) is 0 Å². The zero-order valence-corrected chi connectivity index (χ0v) is 11.2. The minimum atomic E-state index is 0.762. The Hall–Kier alpha value is -0.0800. The summed E-state index contributed by atoms with van der Waals surface area (Å²) in [6.07, 6.45) is 6.92. The van der Waals surface area contributed by atoms with Crippen LogP contribution < -0.4 is 5.32 Å². The minimum absolute atomic E-state index is 0.762. The summed E-state index contributed by atoms with van der Waals surface area (Å²) in [6.45, 7) is 7.21. The number of hydrogen-bond acceptors (Lipinski definition) is 2. The molecule has 3 unspecified atom stereocenters. The summed E-state index contributed by atoms with van der Waals surface area (Å²) in [6, 6.07) is 1.62. The minimum Gasteiger partial charge on any atom is -0.312 e. The monoisotopic (exact) mass is 224 g/mol. The SMILES string of the molecule is CCCC(CNC1CC1)N(C)CC1CC1C. The van der Waals surface area contributed by atoms with Crippen molar-refractivity contribution >= 4 is 0 Å². The summed E-state index contributed by atoms with van der Waals surface area (Å²) in [4.78, 5) is 2.60. The molecule has 0 amide bonds. The molecule has 2 nitrogen and oxygen atoms in total. The lowest BCUT2D eigenvalue weighted by Crippen LogP contribution is -2.41. The van der Waals surface area contributed by atoms with Crippen LogP contribution in [0.5, 0.6) is 0 Å². The van der Waals surface area contributed by atoms with Crippen LogP contribution in [0.3, 0.4) is 0 Å². The molecule has 3 atom stereocenters. The second-order valence-corrected chi connectivity index (χ2v) is 6.04. The van der Waals surface area contributed by atoms with Crippen molar-refractivity contribution in [3.8, 4) is 0 Å². The van der Waals surface area contributed by atoms with Crippen molar-refractivity contribution in [1.82, 2.24) is 10.2 Å². The van der Waals surface area contributed by atoms with Gasteiger partial charge >= 0.3 is 0 Å². The quantitative estimate of drug-likeness (QED) is 0.681. The van der Waals surface area contributed by atoms with Gasteiger partial charge in [0, 0.05) is 25.2 Å². The zero-order valence-electron chi connectivity index (χ0n) is 11.2. The maximum atomic E-state index is 3.69. The molecule has 0 radical (unpaired) electrons. The molecule has 2 aliphatic rings. The number of likely N-dealkylation sites (N-methyl/N-ethyl adjacent to an activating group) is 1. The summed E-state index contributed by atoms with van der Waals surface area (Å²) in [5.41, 5.74) is 0. The molecule has 0 aromatic heterocycles. The van der Waals surface area contributed by atoms with Crippen molar-refractivity contribution < 1.29 is 0 Å². The van der Waals surface area contributed by atoms with Crippen LogP contribution in [0, 0.1) is 11.8 Å². The molecule has 0 aliphatic heterocycles. The molecular formula is C14H28N2. The van der Waals surface area contributed by atoms with E-state index >= 15 is 0 Å². The van der Waals surface area contributed by atoms with E-state index < -0.39 is 0 Å². The van der Waals surface area contributed by atoms with Gasteiger partial charge in [-0.2, -0.15) is 0 Å². The van der Waals surface area contributed by atoms with Gasteiger partial charge in [0.25, 0.3) is 0 Å². The highest BCUT2D eigenvalue weighted by atomic mass is 15.2. The number of nitrogens with zero attached hydrogens (tertiary/aromatic N) is 1. The first kappa shape index (κ1) is 12.4. The molecule has 0 spiro atoms. The van der Waals surface area contributed by atoms with Crippen LogP contribution in [-0.4, -0.2) is 37.1 Å². The van der Waals surface area contributed by atoms with Gasteiger partial charge in [0.2, 0.25) is 0 Å². The van der Waals surface area contributed by atoms with E-state index in [1.165, 1.54) is 45.2 Å². The molecule has 0 bridgehead atoms.